The van der Waals surface area contributed by atoms with E-state index in [1.165, 1.54) is 17.6 Å². The molecule has 0 aromatic heterocycles. The van der Waals surface area contributed by atoms with Crippen molar-refractivity contribution in [2.45, 2.75) is 31.3 Å². The topological polar surface area (TPSA) is 111 Å². The zero-order valence-corrected chi connectivity index (χ0v) is 18.2. The number of rotatable bonds is 4. The Balaban J connectivity index is 1.30. The Labute approximate surface area is 187 Å². The number of ether oxygens (including phenoxy) is 1. The highest BCUT2D eigenvalue weighted by molar-refractivity contribution is 5.86. The van der Waals surface area contributed by atoms with Crippen molar-refractivity contribution in [3.05, 3.63) is 42.0 Å². The van der Waals surface area contributed by atoms with Crippen molar-refractivity contribution in [3.8, 4) is 0 Å². The van der Waals surface area contributed by atoms with Crippen LogP contribution in [0.5, 0.6) is 0 Å². The van der Waals surface area contributed by atoms with E-state index < -0.39 is 18.0 Å². The second-order valence-corrected chi connectivity index (χ2v) is 8.72. The summed E-state index contributed by atoms with van der Waals surface area (Å²) >= 11 is 0. The Morgan fingerprint density at radius 1 is 1.16 bits per heavy atom. The lowest BCUT2D eigenvalue weighted by Crippen LogP contribution is -2.51. The van der Waals surface area contributed by atoms with Gasteiger partial charge in [0.1, 0.15) is 6.04 Å². The molecule has 0 radical (unpaired) electrons. The van der Waals surface area contributed by atoms with E-state index in [0.29, 0.717) is 39.0 Å². The maximum atomic E-state index is 13.0. The molecule has 1 unspecified atom stereocenters. The Hall–Kier alpha value is -2.91. The second kappa shape index (κ2) is 9.70. The molecule has 32 heavy (non-hydrogen) atoms. The number of piperidine rings is 1. The second-order valence-electron chi connectivity index (χ2n) is 8.72. The highest BCUT2D eigenvalue weighted by Gasteiger charge is 2.44. The number of carbonyl (C=O) groups excluding carboxylic acids is 3. The van der Waals surface area contributed by atoms with Crippen molar-refractivity contribution >= 4 is 23.5 Å². The Bertz CT molecular complexity index is 858. The summed E-state index contributed by atoms with van der Waals surface area (Å²) in [6.07, 6.45) is 3.55. The zero-order valence-electron chi connectivity index (χ0n) is 18.2. The molecule has 0 bridgehead atoms. The van der Waals surface area contributed by atoms with Gasteiger partial charge < -0.3 is 15.0 Å². The molecule has 9 heteroatoms. The molecule has 172 valence electrons. The number of nitrogens with zero attached hydrogens (tertiary/aromatic N) is 2. The molecule has 3 aliphatic heterocycles. The summed E-state index contributed by atoms with van der Waals surface area (Å²) in [5.41, 5.74) is 3.97. The number of carbonyl (C=O) groups is 3. The maximum absolute atomic E-state index is 13.0. The fourth-order valence-electron chi connectivity index (χ4n) is 5.15. The van der Waals surface area contributed by atoms with Crippen molar-refractivity contribution in [1.29, 1.82) is 0 Å². The van der Waals surface area contributed by atoms with Gasteiger partial charge in [-0.2, -0.15) is 0 Å². The van der Waals surface area contributed by atoms with Crippen LogP contribution >= 0.6 is 0 Å². The van der Waals surface area contributed by atoms with Crippen LogP contribution in [0.25, 0.3) is 5.57 Å². The van der Waals surface area contributed by atoms with Crippen LogP contribution in [0.3, 0.4) is 0 Å². The number of hydrogen-bond acceptors (Lipinski definition) is 6. The molecular formula is C23H30N4O5. The van der Waals surface area contributed by atoms with E-state index in [2.05, 4.69) is 23.5 Å². The lowest BCUT2D eigenvalue weighted by atomic mass is 9.82. The molecule has 0 aliphatic carbocycles. The van der Waals surface area contributed by atoms with E-state index in [0.717, 1.165) is 12.0 Å². The van der Waals surface area contributed by atoms with Crippen LogP contribution in [0.2, 0.25) is 0 Å². The molecule has 2 saturated heterocycles. The third-order valence-corrected chi connectivity index (χ3v) is 6.95. The number of benzene rings is 1. The third kappa shape index (κ3) is 4.49. The van der Waals surface area contributed by atoms with Gasteiger partial charge in [0.05, 0.1) is 13.2 Å². The van der Waals surface area contributed by atoms with E-state index in [-0.39, 0.29) is 23.8 Å². The smallest absolute Gasteiger partial charge is 0.410 e. The first-order valence-corrected chi connectivity index (χ1v) is 11.1. The first-order chi connectivity index (χ1) is 15.5. The molecule has 4 rings (SSSR count). The van der Waals surface area contributed by atoms with Crippen molar-refractivity contribution in [1.82, 2.24) is 20.6 Å². The summed E-state index contributed by atoms with van der Waals surface area (Å²) in [4.78, 5) is 40.4. The highest BCUT2D eigenvalue weighted by atomic mass is 16.5. The highest BCUT2D eigenvalue weighted by Crippen LogP contribution is 2.34. The van der Waals surface area contributed by atoms with E-state index in [1.807, 2.05) is 23.1 Å². The Morgan fingerprint density at radius 2 is 1.94 bits per heavy atom. The fraction of sp³-hybridized carbons (Fsp3) is 0.522. The van der Waals surface area contributed by atoms with Crippen LogP contribution in [-0.4, -0.2) is 78.3 Å². The van der Waals surface area contributed by atoms with Crippen LogP contribution in [0.15, 0.2) is 36.4 Å². The van der Waals surface area contributed by atoms with Gasteiger partial charge in [0.2, 0.25) is 5.91 Å². The lowest BCUT2D eigenvalue weighted by Gasteiger charge is -2.34. The van der Waals surface area contributed by atoms with E-state index in [9.17, 15) is 14.4 Å². The number of nitrogens with one attached hydrogen (secondary N) is 2. The van der Waals surface area contributed by atoms with Gasteiger partial charge in [-0.25, -0.2) is 10.3 Å². The fourth-order valence-corrected chi connectivity index (χ4v) is 5.15. The van der Waals surface area contributed by atoms with Crippen LogP contribution in [0.4, 0.5) is 4.79 Å². The normalized spacial score (nSPS) is 27.8. The molecule has 3 amide bonds. The minimum Gasteiger partial charge on any atom is -0.453 e. The van der Waals surface area contributed by atoms with E-state index >= 15 is 0 Å². The maximum Gasteiger partial charge on any atom is 0.410 e. The van der Waals surface area contributed by atoms with Crippen molar-refractivity contribution < 1.29 is 24.3 Å². The van der Waals surface area contributed by atoms with Crippen LogP contribution < -0.4 is 10.8 Å². The standard InChI is InChI=1S/C23H30N4O5/c1-32-23(30)27-14-18(11-20(27)21(28)25-31)16-7-8-19(24-12-16)22(29)26-10-9-17(13-26)15-5-3-2-4-6-15/h2-6,9,16,18-20,24,31H,7-8,10-14H2,1H3,(H,25,28)/t16?,18-,19+,20+/m1/s1. The minimum atomic E-state index is -0.746. The van der Waals surface area contributed by atoms with Crippen molar-refractivity contribution in [3.63, 3.8) is 0 Å². The quantitative estimate of drug-likeness (QED) is 0.478. The summed E-state index contributed by atoms with van der Waals surface area (Å²) in [7, 11) is 1.28. The number of methoxy groups -OCH3 is 1. The average molecular weight is 443 g/mol. The molecule has 4 atom stereocenters. The number of likely N-dealkylation sites (tertiary alicyclic amines) is 1. The van der Waals surface area contributed by atoms with Gasteiger partial charge in [0.25, 0.3) is 5.91 Å². The lowest BCUT2D eigenvalue weighted by molar-refractivity contribution is -0.133. The Morgan fingerprint density at radius 3 is 2.59 bits per heavy atom. The third-order valence-electron chi connectivity index (χ3n) is 6.95. The Kier molecular flexibility index (Phi) is 6.76. The van der Waals surface area contributed by atoms with Gasteiger partial charge in [-0.3, -0.25) is 19.7 Å². The monoisotopic (exact) mass is 442 g/mol. The van der Waals surface area contributed by atoms with Gasteiger partial charge in [0.15, 0.2) is 0 Å². The number of hydrogen-bond donors (Lipinski definition) is 3. The molecule has 2 fully saturated rings. The molecule has 0 saturated carbocycles. The largest absolute Gasteiger partial charge is 0.453 e. The first kappa shape index (κ1) is 22.3. The van der Waals surface area contributed by atoms with E-state index in [4.69, 9.17) is 9.94 Å². The molecule has 0 spiro atoms. The molecule has 3 N–H and O–H groups in total. The van der Waals surface area contributed by atoms with Crippen LogP contribution in [-0.2, 0) is 14.3 Å². The average Bonchev–Trinajstić information content (AvgIpc) is 3.51. The SMILES string of the molecule is COC(=O)N1C[C@H](C2CC[C@@H](C(=O)N3CC=C(c4ccccc4)C3)NC2)C[C@H]1C(=O)NO. The zero-order chi connectivity index (χ0) is 22.7. The van der Waals surface area contributed by atoms with Crippen LogP contribution in [0, 0.1) is 11.8 Å². The summed E-state index contributed by atoms with van der Waals surface area (Å²) in [6.45, 7) is 2.29. The number of hydroxylamine groups is 1. The summed E-state index contributed by atoms with van der Waals surface area (Å²) in [5.74, 6) is -0.159. The van der Waals surface area contributed by atoms with Gasteiger partial charge in [-0.1, -0.05) is 36.4 Å². The number of amides is 3. The minimum absolute atomic E-state index is 0.0955. The van der Waals surface area contributed by atoms with Crippen molar-refractivity contribution in [2.24, 2.45) is 11.8 Å². The summed E-state index contributed by atoms with van der Waals surface area (Å²) < 4.78 is 4.80. The molecule has 3 aliphatic rings. The van der Waals surface area contributed by atoms with Gasteiger partial charge in [0, 0.05) is 19.6 Å². The molecule has 1 aromatic rings. The van der Waals surface area contributed by atoms with Crippen LogP contribution in [0.1, 0.15) is 24.8 Å². The van der Waals surface area contributed by atoms with Gasteiger partial charge in [-0.05, 0) is 48.8 Å². The summed E-state index contributed by atoms with van der Waals surface area (Å²) in [5, 5.41) is 12.4. The van der Waals surface area contributed by atoms with Crippen molar-refractivity contribution in [2.75, 3.05) is 33.3 Å². The predicted octanol–water partition coefficient (Wildman–Crippen LogP) is 1.24. The molecular weight excluding hydrogens is 412 g/mol. The molecule has 3 heterocycles. The van der Waals surface area contributed by atoms with Gasteiger partial charge >= 0.3 is 6.09 Å². The molecule has 1 aromatic carbocycles. The predicted molar refractivity (Wildman–Crippen MR) is 116 cm³/mol. The first-order valence-electron chi connectivity index (χ1n) is 11.1. The summed E-state index contributed by atoms with van der Waals surface area (Å²) in [6, 6.07) is 9.15. The van der Waals surface area contributed by atoms with Gasteiger partial charge in [-0.15, -0.1) is 0 Å². The van der Waals surface area contributed by atoms with E-state index in [1.54, 1.807) is 5.48 Å². The molecule has 9 nitrogen and oxygen atoms in total.